The van der Waals surface area contributed by atoms with Crippen LogP contribution in [0.4, 0.5) is 19.0 Å². The van der Waals surface area contributed by atoms with Crippen LogP contribution in [0.1, 0.15) is 18.3 Å². The number of H-pyrrole nitrogens is 1. The maximum atomic E-state index is 13.6. The maximum absolute atomic E-state index is 13.6. The average molecular weight is 440 g/mol. The molecule has 1 unspecified atom stereocenters. The highest BCUT2D eigenvalue weighted by Gasteiger charge is 2.36. The zero-order chi connectivity index (χ0) is 22.3. The molecule has 5 rings (SSSR count). The Hall–Kier alpha value is -4.22. The number of nitrogens with zero attached hydrogens (tertiary/aromatic N) is 6. The first-order valence-electron chi connectivity index (χ1n) is 9.54. The van der Waals surface area contributed by atoms with Crippen molar-refractivity contribution in [1.29, 1.82) is 0 Å². The van der Waals surface area contributed by atoms with Crippen molar-refractivity contribution in [3.8, 4) is 5.69 Å². The minimum absolute atomic E-state index is 0.114. The number of alkyl halides is 3. The molecule has 12 heteroatoms. The van der Waals surface area contributed by atoms with Crippen molar-refractivity contribution < 1.29 is 13.2 Å². The Morgan fingerprint density at radius 3 is 2.66 bits per heavy atom. The van der Waals surface area contributed by atoms with Crippen LogP contribution in [0.15, 0.2) is 66.1 Å². The number of para-hydroxylation sites is 1. The Kier molecular flexibility index (Phi) is 4.61. The molecular formula is C20H15F3N8O. The molecule has 0 aliphatic rings. The number of aromatic nitrogens is 7. The fourth-order valence-corrected chi connectivity index (χ4v) is 3.53. The predicted octanol–water partition coefficient (Wildman–Crippen LogP) is 3.26. The molecule has 0 radical (unpaired) electrons. The number of hydrogen-bond donors (Lipinski definition) is 2. The molecule has 1 aromatic carbocycles. The third-order valence-corrected chi connectivity index (χ3v) is 4.89. The van der Waals surface area contributed by atoms with Gasteiger partial charge in [0.05, 0.1) is 24.5 Å². The fourth-order valence-electron chi connectivity index (χ4n) is 3.53. The number of imidazole rings is 1. The number of aromatic amines is 1. The van der Waals surface area contributed by atoms with Crippen LogP contribution in [0, 0.1) is 0 Å². The molecule has 0 saturated heterocycles. The first kappa shape index (κ1) is 19.7. The van der Waals surface area contributed by atoms with Crippen LogP contribution in [0.5, 0.6) is 0 Å². The first-order valence-corrected chi connectivity index (χ1v) is 9.54. The highest BCUT2D eigenvalue weighted by atomic mass is 19.4. The number of halogens is 3. The summed E-state index contributed by atoms with van der Waals surface area (Å²) in [5.41, 5.74) is 0.779. The van der Waals surface area contributed by atoms with Crippen molar-refractivity contribution in [2.75, 3.05) is 5.32 Å². The molecule has 0 bridgehead atoms. The van der Waals surface area contributed by atoms with E-state index in [1.54, 1.807) is 42.5 Å². The van der Waals surface area contributed by atoms with Crippen LogP contribution in [0.3, 0.4) is 0 Å². The van der Waals surface area contributed by atoms with E-state index in [9.17, 15) is 18.0 Å². The van der Waals surface area contributed by atoms with Crippen molar-refractivity contribution in [2.24, 2.45) is 0 Å². The third kappa shape index (κ3) is 3.55. The molecule has 5 aromatic rings. The minimum Gasteiger partial charge on any atom is -0.358 e. The quantitative estimate of drug-likeness (QED) is 0.435. The van der Waals surface area contributed by atoms with E-state index in [4.69, 9.17) is 0 Å². The molecule has 0 spiro atoms. The molecule has 2 N–H and O–H groups in total. The van der Waals surface area contributed by atoms with Gasteiger partial charge in [0.15, 0.2) is 17.3 Å². The van der Waals surface area contributed by atoms with Crippen LogP contribution < -0.4 is 10.9 Å². The average Bonchev–Trinajstić information content (AvgIpc) is 3.43. The fraction of sp³-hybridized carbons (Fsp3) is 0.150. The van der Waals surface area contributed by atoms with Crippen LogP contribution in [-0.4, -0.2) is 40.3 Å². The highest BCUT2D eigenvalue weighted by Crippen LogP contribution is 2.32. The second kappa shape index (κ2) is 7.48. The van der Waals surface area contributed by atoms with Gasteiger partial charge in [-0.1, -0.05) is 18.2 Å². The topological polar surface area (TPSA) is 106 Å². The lowest BCUT2D eigenvalue weighted by atomic mass is 10.1. The highest BCUT2D eigenvalue weighted by molar-refractivity contribution is 5.82. The van der Waals surface area contributed by atoms with Crippen molar-refractivity contribution in [1.82, 2.24) is 34.1 Å². The van der Waals surface area contributed by atoms with Gasteiger partial charge >= 0.3 is 6.18 Å². The summed E-state index contributed by atoms with van der Waals surface area (Å²) in [6.07, 6.45) is -1.77. The first-order chi connectivity index (χ1) is 15.4. The Morgan fingerprint density at radius 2 is 1.88 bits per heavy atom. The summed E-state index contributed by atoms with van der Waals surface area (Å²) in [4.78, 5) is 28.1. The number of hydrogen-bond acceptors (Lipinski definition) is 6. The van der Waals surface area contributed by atoms with Crippen LogP contribution in [-0.2, 0) is 0 Å². The molecule has 9 nitrogen and oxygen atoms in total. The number of fused-ring (bicyclic) bond motifs is 2. The van der Waals surface area contributed by atoms with Crippen molar-refractivity contribution in [3.05, 3.63) is 77.5 Å². The second-order valence-electron chi connectivity index (χ2n) is 7.01. The van der Waals surface area contributed by atoms with Gasteiger partial charge in [-0.3, -0.25) is 9.36 Å². The summed E-state index contributed by atoms with van der Waals surface area (Å²) in [5.74, 6) is -0.00304. The van der Waals surface area contributed by atoms with E-state index in [-0.39, 0.29) is 17.2 Å². The molecule has 0 aliphatic carbocycles. The largest absolute Gasteiger partial charge is 0.391 e. The summed E-state index contributed by atoms with van der Waals surface area (Å²) in [5, 5.41) is 7.17. The van der Waals surface area contributed by atoms with Crippen LogP contribution in [0.25, 0.3) is 22.4 Å². The van der Waals surface area contributed by atoms with Crippen LogP contribution >= 0.6 is 0 Å². The van der Waals surface area contributed by atoms with E-state index in [0.29, 0.717) is 16.9 Å². The van der Waals surface area contributed by atoms with Gasteiger partial charge in [0, 0.05) is 6.20 Å². The monoisotopic (exact) mass is 440 g/mol. The summed E-state index contributed by atoms with van der Waals surface area (Å²) in [6, 6.07) is 10.1. The Morgan fingerprint density at radius 1 is 1.06 bits per heavy atom. The van der Waals surface area contributed by atoms with E-state index in [2.05, 4.69) is 30.4 Å². The molecule has 0 amide bonds. The summed E-state index contributed by atoms with van der Waals surface area (Å²) >= 11 is 0. The van der Waals surface area contributed by atoms with Gasteiger partial charge in [-0.25, -0.2) is 19.5 Å². The minimum atomic E-state index is -4.55. The summed E-state index contributed by atoms with van der Waals surface area (Å²) in [7, 11) is 0. The van der Waals surface area contributed by atoms with Gasteiger partial charge in [-0.05, 0) is 24.3 Å². The van der Waals surface area contributed by atoms with Crippen molar-refractivity contribution >= 4 is 22.5 Å². The lowest BCUT2D eigenvalue weighted by Crippen LogP contribution is -2.32. The molecule has 1 atom stereocenters. The van der Waals surface area contributed by atoms with E-state index in [1.165, 1.54) is 27.9 Å². The Balaban J connectivity index is 1.73. The lowest BCUT2D eigenvalue weighted by molar-refractivity contribution is -0.137. The molecule has 0 fully saturated rings. The molecule has 0 aliphatic heterocycles. The smallest absolute Gasteiger partial charge is 0.358 e. The molecular weight excluding hydrogens is 425 g/mol. The maximum Gasteiger partial charge on any atom is 0.391 e. The third-order valence-electron chi connectivity index (χ3n) is 4.89. The van der Waals surface area contributed by atoms with Gasteiger partial charge < -0.3 is 10.3 Å². The zero-order valence-corrected chi connectivity index (χ0v) is 16.3. The molecule has 0 saturated carbocycles. The van der Waals surface area contributed by atoms with E-state index in [0.717, 1.165) is 0 Å². The van der Waals surface area contributed by atoms with Gasteiger partial charge in [0.2, 0.25) is 0 Å². The standard InChI is InChI=1S/C20H15F3N8O/c21-20(22,23)9-13(28-17-15-16(25-10-24-15)26-11-27-17)18-29-30-8-4-7-14(30)19(32)31(18)12-5-2-1-3-6-12/h1-8,10-11,13H,9H2,(H2,24,25,26,27,28). The summed E-state index contributed by atoms with van der Waals surface area (Å²) in [6.45, 7) is 0. The van der Waals surface area contributed by atoms with Gasteiger partial charge in [-0.15, -0.1) is 0 Å². The van der Waals surface area contributed by atoms with Gasteiger partial charge in [-0.2, -0.15) is 18.3 Å². The Labute approximate surface area is 177 Å². The lowest BCUT2D eigenvalue weighted by Gasteiger charge is -2.23. The normalized spacial score (nSPS) is 13.0. The van der Waals surface area contributed by atoms with E-state index in [1.807, 2.05) is 0 Å². The summed E-state index contributed by atoms with van der Waals surface area (Å²) < 4.78 is 43.3. The van der Waals surface area contributed by atoms with Crippen molar-refractivity contribution in [3.63, 3.8) is 0 Å². The second-order valence-corrected chi connectivity index (χ2v) is 7.01. The SMILES string of the molecule is O=c1c2cccn2nc(C(CC(F)(F)F)Nc2ncnc3nc[nH]c23)n1-c1ccccc1. The van der Waals surface area contributed by atoms with E-state index < -0.39 is 24.2 Å². The van der Waals surface area contributed by atoms with Gasteiger partial charge in [0.25, 0.3) is 5.56 Å². The molecule has 32 heavy (non-hydrogen) atoms. The van der Waals surface area contributed by atoms with E-state index >= 15 is 0 Å². The predicted molar refractivity (Wildman–Crippen MR) is 110 cm³/mol. The number of anilines is 1. The Bertz CT molecular complexity index is 1450. The van der Waals surface area contributed by atoms with Crippen molar-refractivity contribution in [2.45, 2.75) is 18.6 Å². The molecule has 4 aromatic heterocycles. The number of benzene rings is 1. The molecule has 4 heterocycles. The number of nitrogens with one attached hydrogen (secondary N) is 2. The number of rotatable bonds is 5. The van der Waals surface area contributed by atoms with Crippen LogP contribution in [0.2, 0.25) is 0 Å². The molecule has 162 valence electrons. The zero-order valence-electron chi connectivity index (χ0n) is 16.3. The van der Waals surface area contributed by atoms with Gasteiger partial charge in [0.1, 0.15) is 17.4 Å².